The van der Waals surface area contributed by atoms with Crippen LogP contribution in [0, 0.1) is 10.1 Å². The number of nitro benzene ring substituents is 1. The van der Waals surface area contributed by atoms with Crippen molar-refractivity contribution in [3.8, 4) is 0 Å². The fraction of sp³-hybridized carbons (Fsp3) is 0.0625. The molecule has 3 rings (SSSR count). The van der Waals surface area contributed by atoms with Gasteiger partial charge in [0.15, 0.2) is 0 Å². The molecule has 1 heterocycles. The number of rotatable bonds is 2. The molecule has 0 N–H and O–H groups in total. The van der Waals surface area contributed by atoms with E-state index in [0.717, 1.165) is 24.3 Å². The summed E-state index contributed by atoms with van der Waals surface area (Å²) in [5.74, 6) is -3.98. The average Bonchev–Trinajstić information content (AvgIpc) is 2.84. The van der Waals surface area contributed by atoms with Gasteiger partial charge in [-0.15, -0.1) is 0 Å². The summed E-state index contributed by atoms with van der Waals surface area (Å²) in [5.41, 5.74) is -0.936. The van der Waals surface area contributed by atoms with Gasteiger partial charge >= 0.3 is 6.18 Å². The van der Waals surface area contributed by atoms with Crippen molar-refractivity contribution < 1.29 is 27.7 Å². The Bertz CT molecular complexity index is 917. The molecule has 0 radical (unpaired) electrons. The van der Waals surface area contributed by atoms with Gasteiger partial charge in [0, 0.05) is 12.1 Å². The highest BCUT2D eigenvalue weighted by Gasteiger charge is 2.49. The van der Waals surface area contributed by atoms with Crippen LogP contribution in [0.2, 0.25) is 0 Å². The molecule has 2 aromatic carbocycles. The third kappa shape index (κ3) is 2.92. The molecule has 0 aromatic heterocycles. The fourth-order valence-electron chi connectivity index (χ4n) is 2.39. The smallest absolute Gasteiger partial charge is 0.268 e. The van der Waals surface area contributed by atoms with Crippen molar-refractivity contribution in [2.45, 2.75) is 6.18 Å². The van der Waals surface area contributed by atoms with Gasteiger partial charge in [-0.3, -0.25) is 19.7 Å². The molecule has 0 aliphatic carbocycles. The van der Waals surface area contributed by atoms with Gasteiger partial charge in [0.25, 0.3) is 17.5 Å². The number of benzene rings is 2. The summed E-state index contributed by atoms with van der Waals surface area (Å²) in [5, 5.41) is 10.6. The number of amidine groups is 1. The van der Waals surface area contributed by atoms with E-state index in [4.69, 9.17) is 0 Å². The highest BCUT2D eigenvalue weighted by atomic mass is 19.4. The predicted octanol–water partition coefficient (Wildman–Crippen LogP) is 3.48. The predicted molar refractivity (Wildman–Crippen MR) is 83.2 cm³/mol. The van der Waals surface area contributed by atoms with Crippen molar-refractivity contribution >= 4 is 29.0 Å². The van der Waals surface area contributed by atoms with Gasteiger partial charge in [0.2, 0.25) is 5.84 Å². The molecule has 0 spiro atoms. The van der Waals surface area contributed by atoms with E-state index in [2.05, 4.69) is 4.99 Å². The summed E-state index contributed by atoms with van der Waals surface area (Å²) in [6.45, 7) is 0. The summed E-state index contributed by atoms with van der Waals surface area (Å²) < 4.78 is 40.3. The van der Waals surface area contributed by atoms with E-state index in [0.29, 0.717) is 0 Å². The van der Waals surface area contributed by atoms with Crippen molar-refractivity contribution in [1.29, 1.82) is 0 Å². The number of hydrogen-bond donors (Lipinski definition) is 0. The lowest BCUT2D eigenvalue weighted by Crippen LogP contribution is -2.44. The summed E-state index contributed by atoms with van der Waals surface area (Å²) in [6, 6.07) is 9.25. The normalized spacial score (nSPS) is 14.6. The minimum absolute atomic E-state index is 0.0356. The van der Waals surface area contributed by atoms with Crippen LogP contribution in [0.25, 0.3) is 0 Å². The Morgan fingerprint density at radius 1 is 0.962 bits per heavy atom. The highest BCUT2D eigenvalue weighted by Crippen LogP contribution is 2.31. The number of imide groups is 1. The van der Waals surface area contributed by atoms with Crippen molar-refractivity contribution in [2.75, 3.05) is 0 Å². The standard InChI is InChI=1S/C16H8F3N3O4/c17-16(18,19)15(20-9-5-7-10(8-6-9)22(25)26)21-13(23)11-3-1-2-4-12(11)14(21)24/h1-8H. The molecule has 0 bridgehead atoms. The number of carbonyl (C=O) groups is 2. The minimum atomic E-state index is -5.10. The molecule has 132 valence electrons. The molecule has 0 fully saturated rings. The van der Waals surface area contributed by atoms with Gasteiger partial charge in [-0.05, 0) is 24.3 Å². The quantitative estimate of drug-likeness (QED) is 0.268. The molecule has 0 unspecified atom stereocenters. The average molecular weight is 363 g/mol. The van der Waals surface area contributed by atoms with Crippen LogP contribution in [-0.4, -0.2) is 33.6 Å². The number of amides is 2. The van der Waals surface area contributed by atoms with Gasteiger partial charge in [-0.2, -0.15) is 13.2 Å². The second kappa shape index (κ2) is 6.06. The largest absolute Gasteiger partial charge is 0.450 e. The molecule has 26 heavy (non-hydrogen) atoms. The molecule has 2 aromatic rings. The Hall–Kier alpha value is -3.56. The number of aliphatic imine (C=N–C) groups is 1. The van der Waals surface area contributed by atoms with Gasteiger partial charge in [0.1, 0.15) is 0 Å². The first-order valence-corrected chi connectivity index (χ1v) is 7.08. The van der Waals surface area contributed by atoms with E-state index >= 15 is 0 Å². The first kappa shape index (κ1) is 17.3. The lowest BCUT2D eigenvalue weighted by Gasteiger charge is -2.18. The third-order valence-corrected chi connectivity index (χ3v) is 3.55. The number of alkyl halides is 3. The van der Waals surface area contributed by atoms with Crippen molar-refractivity contribution in [2.24, 2.45) is 4.99 Å². The molecule has 0 saturated carbocycles. The summed E-state index contributed by atoms with van der Waals surface area (Å²) >= 11 is 0. The zero-order valence-corrected chi connectivity index (χ0v) is 12.7. The van der Waals surface area contributed by atoms with Crippen molar-refractivity contribution in [3.63, 3.8) is 0 Å². The van der Waals surface area contributed by atoms with Gasteiger partial charge in [-0.25, -0.2) is 9.89 Å². The van der Waals surface area contributed by atoms with Crippen LogP contribution in [0.4, 0.5) is 24.5 Å². The maximum absolute atomic E-state index is 13.4. The molecular formula is C16H8F3N3O4. The molecule has 0 atom stereocenters. The topological polar surface area (TPSA) is 92.9 Å². The molecule has 10 heteroatoms. The van der Waals surface area contributed by atoms with Crippen LogP contribution in [0.15, 0.2) is 53.5 Å². The first-order chi connectivity index (χ1) is 12.2. The number of hydrogen-bond acceptors (Lipinski definition) is 5. The summed E-state index contributed by atoms with van der Waals surface area (Å²) in [6.07, 6.45) is -5.10. The Morgan fingerprint density at radius 2 is 1.46 bits per heavy atom. The second-order valence-electron chi connectivity index (χ2n) is 5.20. The number of nitrogens with zero attached hydrogens (tertiary/aromatic N) is 3. The molecule has 1 aliphatic heterocycles. The van der Waals surface area contributed by atoms with E-state index < -0.39 is 28.7 Å². The van der Waals surface area contributed by atoms with Crippen LogP contribution >= 0.6 is 0 Å². The van der Waals surface area contributed by atoms with Crippen molar-refractivity contribution in [3.05, 3.63) is 69.8 Å². The number of fused-ring (bicyclic) bond motifs is 1. The van der Waals surface area contributed by atoms with Crippen LogP contribution in [0.3, 0.4) is 0 Å². The van der Waals surface area contributed by atoms with Gasteiger partial charge in [0.05, 0.1) is 21.7 Å². The first-order valence-electron chi connectivity index (χ1n) is 7.08. The minimum Gasteiger partial charge on any atom is -0.268 e. The van der Waals surface area contributed by atoms with E-state index in [1.54, 1.807) is 0 Å². The van der Waals surface area contributed by atoms with Crippen LogP contribution in [0.1, 0.15) is 20.7 Å². The molecule has 7 nitrogen and oxygen atoms in total. The number of halogens is 3. The van der Waals surface area contributed by atoms with Gasteiger partial charge < -0.3 is 0 Å². The lowest BCUT2D eigenvalue weighted by molar-refractivity contribution is -0.384. The lowest BCUT2D eigenvalue weighted by atomic mass is 10.1. The summed E-state index contributed by atoms with van der Waals surface area (Å²) in [7, 11) is 0. The molecular weight excluding hydrogens is 355 g/mol. The van der Waals surface area contributed by atoms with Crippen LogP contribution < -0.4 is 0 Å². The van der Waals surface area contributed by atoms with Gasteiger partial charge in [-0.1, -0.05) is 12.1 Å². The van der Waals surface area contributed by atoms with Crippen LogP contribution in [0.5, 0.6) is 0 Å². The Morgan fingerprint density at radius 3 is 1.88 bits per heavy atom. The maximum atomic E-state index is 13.4. The maximum Gasteiger partial charge on any atom is 0.450 e. The number of nitro groups is 1. The van der Waals surface area contributed by atoms with E-state index in [1.165, 1.54) is 24.3 Å². The monoisotopic (exact) mass is 363 g/mol. The zero-order valence-electron chi connectivity index (χ0n) is 12.7. The number of carbonyl (C=O) groups excluding carboxylic acids is 2. The zero-order chi connectivity index (χ0) is 19.1. The third-order valence-electron chi connectivity index (χ3n) is 3.55. The van der Waals surface area contributed by atoms with E-state index in [1.807, 2.05) is 0 Å². The van der Waals surface area contributed by atoms with E-state index in [-0.39, 0.29) is 27.4 Å². The Labute approximate surface area is 143 Å². The van der Waals surface area contributed by atoms with Crippen molar-refractivity contribution in [1.82, 2.24) is 4.90 Å². The SMILES string of the molecule is O=C1c2ccccc2C(=O)N1C(=Nc1ccc([N+](=O)[O-])cc1)C(F)(F)F. The fourth-order valence-corrected chi connectivity index (χ4v) is 2.39. The van der Waals surface area contributed by atoms with E-state index in [9.17, 15) is 32.9 Å². The summed E-state index contributed by atoms with van der Waals surface area (Å²) in [4.78, 5) is 37.7. The highest BCUT2D eigenvalue weighted by molar-refractivity contribution is 6.30. The second-order valence-corrected chi connectivity index (χ2v) is 5.20. The van der Waals surface area contributed by atoms with Crippen LogP contribution in [-0.2, 0) is 0 Å². The molecule has 2 amide bonds. The Balaban J connectivity index is 2.07. The molecule has 1 aliphatic rings. The Kier molecular flexibility index (Phi) is 4.03. The number of non-ortho nitro benzene ring substituents is 1. The molecule has 0 saturated heterocycles.